The first kappa shape index (κ1) is 13.5. The molecule has 1 aromatic rings. The number of ether oxygens (including phenoxy) is 2. The van der Waals surface area contributed by atoms with Gasteiger partial charge in [-0.2, -0.15) is 0 Å². The van der Waals surface area contributed by atoms with Gasteiger partial charge in [0.05, 0.1) is 22.7 Å². The molecule has 1 unspecified atom stereocenters. The van der Waals surface area contributed by atoms with Gasteiger partial charge in [-0.15, -0.1) is 0 Å². The van der Waals surface area contributed by atoms with Gasteiger partial charge in [0.15, 0.2) is 0 Å². The summed E-state index contributed by atoms with van der Waals surface area (Å²) in [7, 11) is 2.18. The molecule has 0 aliphatic rings. The Hall–Kier alpha value is -1.54. The summed E-state index contributed by atoms with van der Waals surface area (Å²) in [5.41, 5.74) is 0. The first-order valence-corrected chi connectivity index (χ1v) is 5.62. The van der Waals surface area contributed by atoms with Gasteiger partial charge in [-0.3, -0.25) is 0 Å². The Kier molecular flexibility index (Phi) is 6.12. The molecule has 0 radical (unpaired) electrons. The molecule has 0 N–H and O–H groups in total. The van der Waals surface area contributed by atoms with Crippen LogP contribution in [0.1, 0.15) is 6.42 Å². The van der Waals surface area contributed by atoms with Crippen LogP contribution in [0.2, 0.25) is 0 Å². The lowest BCUT2D eigenvalue weighted by Gasteiger charge is -2.06. The minimum atomic E-state index is -0.410. The highest BCUT2D eigenvalue weighted by Crippen LogP contribution is 2.18. The van der Waals surface area contributed by atoms with Crippen molar-refractivity contribution in [2.45, 2.75) is 6.42 Å². The van der Waals surface area contributed by atoms with E-state index in [1.165, 1.54) is 0 Å². The second-order valence-corrected chi connectivity index (χ2v) is 3.40. The minimum absolute atomic E-state index is 0.331. The predicted molar refractivity (Wildman–Crippen MR) is 68.0 cm³/mol. The fourth-order valence-electron chi connectivity index (χ4n) is 1.10. The number of rotatable bonds is 7. The summed E-state index contributed by atoms with van der Waals surface area (Å²) in [6, 6.07) is 7.24. The number of esters is 1. The van der Waals surface area contributed by atoms with E-state index in [1.54, 1.807) is 12.1 Å². The summed E-state index contributed by atoms with van der Waals surface area (Å²) >= 11 is 0. The van der Waals surface area contributed by atoms with Crippen LogP contribution in [0.3, 0.4) is 0 Å². The van der Waals surface area contributed by atoms with Gasteiger partial charge >= 0.3 is 5.97 Å². The normalized spacial score (nSPS) is 9.47. The summed E-state index contributed by atoms with van der Waals surface area (Å²) < 4.78 is 15.2. The highest BCUT2D eigenvalue weighted by molar-refractivity contribution is 7.10. The molecule has 1 atom stereocenters. The van der Waals surface area contributed by atoms with Crippen LogP contribution < -0.4 is 9.26 Å². The average molecular weight is 254 g/mol. The third-order valence-electron chi connectivity index (χ3n) is 1.93. The van der Waals surface area contributed by atoms with Crippen LogP contribution in [0.25, 0.3) is 0 Å². The molecule has 0 saturated carbocycles. The quantitative estimate of drug-likeness (QED) is 0.324. The van der Waals surface area contributed by atoms with Crippen molar-refractivity contribution in [1.82, 2.24) is 0 Å². The number of benzene rings is 1. The molecule has 4 nitrogen and oxygen atoms in total. The largest absolute Gasteiger partial charge is 0.493 e. The average Bonchev–Trinajstić information content (AvgIpc) is 2.38. The van der Waals surface area contributed by atoms with E-state index in [-0.39, 0.29) is 0 Å². The van der Waals surface area contributed by atoms with Crippen molar-refractivity contribution < 1.29 is 18.8 Å². The van der Waals surface area contributed by atoms with Crippen LogP contribution in [0.4, 0.5) is 0 Å². The maximum atomic E-state index is 10.7. The highest BCUT2D eigenvalue weighted by atomic mass is 31.0. The Bertz CT molecular complexity index is 361. The smallest absolute Gasteiger partial charge is 0.330 e. The zero-order valence-electron chi connectivity index (χ0n) is 9.43. The molecule has 0 aliphatic heterocycles. The molecule has 1 rings (SSSR count). The van der Waals surface area contributed by atoms with Crippen LogP contribution in [-0.4, -0.2) is 19.2 Å². The van der Waals surface area contributed by atoms with E-state index < -0.39 is 5.97 Å². The maximum absolute atomic E-state index is 10.7. The molecule has 0 amide bonds. The lowest BCUT2D eigenvalue weighted by Crippen LogP contribution is -2.06. The van der Waals surface area contributed by atoms with E-state index in [9.17, 15) is 4.79 Å². The Balaban J connectivity index is 2.17. The molecule has 0 spiro atoms. The van der Waals surface area contributed by atoms with Crippen molar-refractivity contribution in [3.63, 3.8) is 0 Å². The summed E-state index contributed by atoms with van der Waals surface area (Å²) in [6.07, 6.45) is 1.78. The first-order valence-electron chi connectivity index (χ1n) is 5.15. The van der Waals surface area contributed by atoms with Crippen molar-refractivity contribution in [2.75, 3.05) is 13.2 Å². The number of hydrogen-bond donors (Lipinski definition) is 0. The summed E-state index contributed by atoms with van der Waals surface area (Å²) in [5, 5.41) is 0. The Morgan fingerprint density at radius 3 is 2.47 bits per heavy atom. The van der Waals surface area contributed by atoms with Crippen LogP contribution in [-0.2, 0) is 9.53 Å². The van der Waals surface area contributed by atoms with Gasteiger partial charge in [-0.25, -0.2) is 4.79 Å². The Morgan fingerprint density at radius 2 is 1.88 bits per heavy atom. The van der Waals surface area contributed by atoms with Crippen LogP contribution >= 0.6 is 9.47 Å². The number of carbonyl (C=O) groups excluding carboxylic acids is 1. The second kappa shape index (κ2) is 7.69. The molecular weight excluding hydrogens is 239 g/mol. The van der Waals surface area contributed by atoms with E-state index in [0.29, 0.717) is 19.6 Å². The zero-order valence-corrected chi connectivity index (χ0v) is 10.6. The molecule has 17 heavy (non-hydrogen) atoms. The van der Waals surface area contributed by atoms with Gasteiger partial charge in [0.2, 0.25) is 0 Å². The van der Waals surface area contributed by atoms with Crippen LogP contribution in [0.5, 0.6) is 11.5 Å². The molecule has 0 fully saturated rings. The molecule has 0 heterocycles. The van der Waals surface area contributed by atoms with Gasteiger partial charge < -0.3 is 14.0 Å². The Labute approximate surface area is 103 Å². The van der Waals surface area contributed by atoms with E-state index in [4.69, 9.17) is 14.0 Å². The Morgan fingerprint density at radius 1 is 1.24 bits per heavy atom. The van der Waals surface area contributed by atoms with Gasteiger partial charge in [0, 0.05) is 12.5 Å². The molecular formula is C12H15O4P. The fourth-order valence-corrected chi connectivity index (χ4v) is 1.25. The van der Waals surface area contributed by atoms with E-state index in [1.807, 2.05) is 12.1 Å². The molecule has 0 bridgehead atoms. The van der Waals surface area contributed by atoms with Crippen molar-refractivity contribution in [3.8, 4) is 11.5 Å². The van der Waals surface area contributed by atoms with Crippen LogP contribution in [0.15, 0.2) is 36.9 Å². The molecule has 5 heteroatoms. The zero-order chi connectivity index (χ0) is 12.5. The third-order valence-corrected chi connectivity index (χ3v) is 2.20. The topological polar surface area (TPSA) is 44.8 Å². The SMILES string of the molecule is C=CC(=O)OCCCOc1ccc(OP)cc1. The number of carbonyl (C=O) groups is 1. The highest BCUT2D eigenvalue weighted by Gasteiger charge is 1.97. The van der Waals surface area contributed by atoms with Gasteiger partial charge in [-0.05, 0) is 24.3 Å². The van der Waals surface area contributed by atoms with Crippen LogP contribution in [0, 0.1) is 0 Å². The van der Waals surface area contributed by atoms with Crippen molar-refractivity contribution in [2.24, 2.45) is 0 Å². The summed E-state index contributed by atoms with van der Waals surface area (Å²) in [5.74, 6) is 1.10. The molecule has 0 saturated heterocycles. The summed E-state index contributed by atoms with van der Waals surface area (Å²) in [6.45, 7) is 4.13. The van der Waals surface area contributed by atoms with Crippen molar-refractivity contribution in [1.29, 1.82) is 0 Å². The molecule has 0 aliphatic carbocycles. The lowest BCUT2D eigenvalue weighted by molar-refractivity contribution is -0.137. The third kappa shape index (κ3) is 5.36. The molecule has 1 aromatic carbocycles. The van der Waals surface area contributed by atoms with E-state index in [0.717, 1.165) is 17.6 Å². The van der Waals surface area contributed by atoms with E-state index in [2.05, 4.69) is 16.0 Å². The van der Waals surface area contributed by atoms with Crippen molar-refractivity contribution >= 4 is 15.4 Å². The summed E-state index contributed by atoms with van der Waals surface area (Å²) in [4.78, 5) is 10.7. The fraction of sp³-hybridized carbons (Fsp3) is 0.250. The van der Waals surface area contributed by atoms with Gasteiger partial charge in [0.25, 0.3) is 0 Å². The molecule has 92 valence electrons. The first-order chi connectivity index (χ1) is 8.26. The second-order valence-electron chi connectivity index (χ2n) is 3.16. The monoisotopic (exact) mass is 254 g/mol. The van der Waals surface area contributed by atoms with E-state index >= 15 is 0 Å². The van der Waals surface area contributed by atoms with Crippen molar-refractivity contribution in [3.05, 3.63) is 36.9 Å². The van der Waals surface area contributed by atoms with Gasteiger partial charge in [0.1, 0.15) is 11.5 Å². The lowest BCUT2D eigenvalue weighted by atomic mass is 10.3. The number of hydrogen-bond acceptors (Lipinski definition) is 4. The standard InChI is InChI=1S/C12H15O4P/c1-2-12(13)15-9-3-8-14-10-4-6-11(16-17)7-5-10/h2,4-7H,1,3,8-9,17H2. The maximum Gasteiger partial charge on any atom is 0.330 e. The predicted octanol–water partition coefficient (Wildman–Crippen LogP) is 2.35. The molecule has 0 aromatic heterocycles. The van der Waals surface area contributed by atoms with Gasteiger partial charge in [-0.1, -0.05) is 6.58 Å². The minimum Gasteiger partial charge on any atom is -0.493 e.